The van der Waals surface area contributed by atoms with Crippen LogP contribution in [0.5, 0.6) is 0 Å². The molecule has 1 aliphatic carbocycles. The summed E-state index contributed by atoms with van der Waals surface area (Å²) < 4.78 is 29.1. The normalized spacial score (nSPS) is 28.9. The van der Waals surface area contributed by atoms with Crippen LogP contribution in [0.2, 0.25) is 0 Å². The summed E-state index contributed by atoms with van der Waals surface area (Å²) in [7, 11) is -3.72. The van der Waals surface area contributed by atoms with Gasteiger partial charge in [0.2, 0.25) is 10.0 Å². The fraction of sp³-hybridized carbons (Fsp3) is 0.625. The predicted molar refractivity (Wildman–Crippen MR) is 126 cm³/mol. The highest BCUT2D eigenvalue weighted by atomic mass is 32.2. The number of aliphatic hydroxyl groups excluding tert-OH is 1. The molecule has 1 atom stereocenters. The van der Waals surface area contributed by atoms with Crippen LogP contribution in [0.4, 0.5) is 5.82 Å². The monoisotopic (exact) mass is 458 g/mol. The quantitative estimate of drug-likeness (QED) is 0.664. The maximum Gasteiger partial charge on any atom is 0.246 e. The minimum Gasteiger partial charge on any atom is -0.396 e. The van der Waals surface area contributed by atoms with E-state index in [2.05, 4.69) is 24.1 Å². The summed E-state index contributed by atoms with van der Waals surface area (Å²) in [6.07, 6.45) is 2.95. The third-order valence-electron chi connectivity index (χ3n) is 7.66. The number of anilines is 1. The molecule has 32 heavy (non-hydrogen) atoms. The maximum absolute atomic E-state index is 13.8. The van der Waals surface area contributed by atoms with Gasteiger partial charge in [-0.05, 0) is 63.6 Å². The number of sulfonamides is 1. The zero-order valence-electron chi connectivity index (χ0n) is 19.0. The fourth-order valence-corrected chi connectivity index (χ4v) is 7.58. The van der Waals surface area contributed by atoms with E-state index in [-0.39, 0.29) is 16.9 Å². The summed E-state index contributed by atoms with van der Waals surface area (Å²) >= 11 is 0. The molecule has 4 aliphatic rings. The second-order valence-electron chi connectivity index (χ2n) is 10.4. The number of fused-ring (bicyclic) bond motifs is 3. The molecule has 3 saturated heterocycles. The topological polar surface area (TPSA) is 85.8 Å². The van der Waals surface area contributed by atoms with E-state index in [9.17, 15) is 13.5 Å². The number of rotatable bonds is 7. The van der Waals surface area contributed by atoms with Crippen molar-refractivity contribution in [2.24, 2.45) is 17.3 Å². The van der Waals surface area contributed by atoms with E-state index in [1.54, 1.807) is 10.4 Å². The molecule has 3 aliphatic heterocycles. The van der Waals surface area contributed by atoms with E-state index < -0.39 is 10.0 Å². The number of nitrogens with zero attached hydrogens (tertiary/aromatic N) is 3. The summed E-state index contributed by atoms with van der Waals surface area (Å²) in [6, 6.07) is 9.95. The van der Waals surface area contributed by atoms with Crippen molar-refractivity contribution in [3.05, 3.63) is 30.3 Å². The molecule has 174 valence electrons. The molecule has 0 amide bonds. The van der Waals surface area contributed by atoms with Crippen LogP contribution >= 0.6 is 0 Å². The molecule has 1 unspecified atom stereocenters. The van der Waals surface area contributed by atoms with E-state index in [0.717, 1.165) is 43.3 Å². The second-order valence-corrected chi connectivity index (χ2v) is 12.3. The summed E-state index contributed by atoms with van der Waals surface area (Å²) in [5.41, 5.74) is 0.523. The lowest BCUT2D eigenvalue weighted by atomic mass is 9.60. The lowest BCUT2D eigenvalue weighted by Crippen LogP contribution is -2.59. The van der Waals surface area contributed by atoms with Gasteiger partial charge in [-0.1, -0.05) is 18.2 Å². The SMILES string of the molecule is CC(C)N1CCC(CNc2nc3ccccc3cc2S(=O)(=O)N2CC3CC(CO)(C3)C2)C1. The number of aromatic nitrogens is 1. The van der Waals surface area contributed by atoms with Crippen molar-refractivity contribution >= 4 is 26.7 Å². The van der Waals surface area contributed by atoms with Gasteiger partial charge in [0.1, 0.15) is 10.7 Å². The van der Waals surface area contributed by atoms with Gasteiger partial charge in [0.15, 0.2) is 0 Å². The molecular formula is C24H34N4O3S. The van der Waals surface area contributed by atoms with Gasteiger partial charge < -0.3 is 15.3 Å². The first-order valence-electron chi connectivity index (χ1n) is 11.8. The summed E-state index contributed by atoms with van der Waals surface area (Å²) in [5, 5.41) is 14.1. The Labute approximate surface area is 190 Å². The molecule has 0 spiro atoms. The van der Waals surface area contributed by atoms with Crippen LogP contribution in [0.15, 0.2) is 35.2 Å². The van der Waals surface area contributed by atoms with Gasteiger partial charge in [0, 0.05) is 49.6 Å². The standard InChI is InChI=1S/C24H34N4O3S/c1-17(2)27-8-7-18(13-27)12-25-23-22(9-20-5-3-4-6-21(20)26-23)32(30,31)28-14-19-10-24(11-19,15-28)16-29/h3-6,9,17-19,29H,7-8,10-16H2,1-2H3,(H,25,26). The zero-order valence-corrected chi connectivity index (χ0v) is 19.8. The Morgan fingerprint density at radius 2 is 2.03 bits per heavy atom. The molecule has 4 heterocycles. The number of aliphatic hydroxyl groups is 1. The first kappa shape index (κ1) is 22.1. The van der Waals surface area contributed by atoms with Gasteiger partial charge in [-0.15, -0.1) is 0 Å². The maximum atomic E-state index is 13.8. The highest BCUT2D eigenvalue weighted by Gasteiger charge is 2.52. The Bertz CT molecular complexity index is 1100. The molecule has 0 radical (unpaired) electrons. The minimum absolute atomic E-state index is 0.0463. The number of nitrogens with one attached hydrogen (secondary N) is 1. The van der Waals surface area contributed by atoms with E-state index in [1.807, 2.05) is 24.3 Å². The van der Waals surface area contributed by atoms with Crippen molar-refractivity contribution in [2.75, 3.05) is 44.6 Å². The summed E-state index contributed by atoms with van der Waals surface area (Å²) in [5.74, 6) is 1.27. The number of likely N-dealkylation sites (tertiary alicyclic amines) is 1. The average Bonchev–Trinajstić information content (AvgIpc) is 3.26. The van der Waals surface area contributed by atoms with Crippen LogP contribution in [-0.2, 0) is 10.0 Å². The van der Waals surface area contributed by atoms with E-state index in [1.165, 1.54) is 0 Å². The molecule has 2 N–H and O–H groups in total. The molecule has 2 aromatic rings. The van der Waals surface area contributed by atoms with Crippen LogP contribution in [0, 0.1) is 17.3 Å². The van der Waals surface area contributed by atoms with Crippen molar-refractivity contribution in [2.45, 2.75) is 44.0 Å². The predicted octanol–water partition coefficient (Wildman–Crippen LogP) is 2.77. The first-order chi connectivity index (χ1) is 15.3. The first-order valence-corrected chi connectivity index (χ1v) is 13.2. The fourth-order valence-electron chi connectivity index (χ4n) is 5.81. The Kier molecular flexibility index (Phi) is 5.68. The molecule has 1 aromatic carbocycles. The largest absolute Gasteiger partial charge is 0.396 e. The van der Waals surface area contributed by atoms with Crippen LogP contribution in [0.1, 0.15) is 33.1 Å². The molecular weight excluding hydrogens is 424 g/mol. The van der Waals surface area contributed by atoms with Gasteiger partial charge in [-0.25, -0.2) is 13.4 Å². The number of pyridine rings is 1. The number of piperidine rings is 2. The molecule has 2 bridgehead atoms. The van der Waals surface area contributed by atoms with Gasteiger partial charge in [-0.2, -0.15) is 4.31 Å². The molecule has 7 nitrogen and oxygen atoms in total. The third kappa shape index (κ3) is 3.91. The lowest BCUT2D eigenvalue weighted by molar-refractivity contribution is -0.0649. The highest BCUT2D eigenvalue weighted by molar-refractivity contribution is 7.89. The molecule has 6 rings (SSSR count). The van der Waals surface area contributed by atoms with Crippen molar-refractivity contribution in [1.82, 2.24) is 14.2 Å². The van der Waals surface area contributed by atoms with Crippen molar-refractivity contribution in [3.63, 3.8) is 0 Å². The third-order valence-corrected chi connectivity index (χ3v) is 9.49. The molecule has 4 fully saturated rings. The van der Waals surface area contributed by atoms with Gasteiger partial charge in [0.25, 0.3) is 0 Å². The van der Waals surface area contributed by atoms with Crippen LogP contribution in [0.3, 0.4) is 0 Å². The Morgan fingerprint density at radius 3 is 2.75 bits per heavy atom. The molecule has 8 heteroatoms. The zero-order chi connectivity index (χ0) is 22.5. The number of hydrogen-bond acceptors (Lipinski definition) is 6. The minimum atomic E-state index is -3.72. The van der Waals surface area contributed by atoms with Gasteiger partial charge in [-0.3, -0.25) is 0 Å². The van der Waals surface area contributed by atoms with Crippen LogP contribution < -0.4 is 5.32 Å². The van der Waals surface area contributed by atoms with E-state index in [4.69, 9.17) is 4.98 Å². The van der Waals surface area contributed by atoms with Gasteiger partial charge in [0.05, 0.1) is 5.52 Å². The van der Waals surface area contributed by atoms with Crippen molar-refractivity contribution < 1.29 is 13.5 Å². The lowest BCUT2D eigenvalue weighted by Gasteiger charge is -2.55. The van der Waals surface area contributed by atoms with E-state index >= 15 is 0 Å². The second kappa shape index (κ2) is 8.24. The van der Waals surface area contributed by atoms with Crippen LogP contribution in [-0.4, -0.2) is 73.1 Å². The Hall–Kier alpha value is -1.74. The molecule has 1 aromatic heterocycles. The summed E-state index contributed by atoms with van der Waals surface area (Å²) in [6.45, 7) is 8.21. The van der Waals surface area contributed by atoms with Crippen LogP contribution in [0.25, 0.3) is 10.9 Å². The smallest absolute Gasteiger partial charge is 0.246 e. The van der Waals surface area contributed by atoms with Gasteiger partial charge >= 0.3 is 0 Å². The number of hydrogen-bond donors (Lipinski definition) is 2. The Morgan fingerprint density at radius 1 is 1.25 bits per heavy atom. The number of para-hydroxylation sites is 1. The summed E-state index contributed by atoms with van der Waals surface area (Å²) in [4.78, 5) is 7.46. The average molecular weight is 459 g/mol. The van der Waals surface area contributed by atoms with E-state index in [0.29, 0.717) is 43.3 Å². The number of benzene rings is 1. The van der Waals surface area contributed by atoms with Crippen molar-refractivity contribution in [1.29, 1.82) is 0 Å². The highest BCUT2D eigenvalue weighted by Crippen LogP contribution is 2.51. The van der Waals surface area contributed by atoms with Crippen molar-refractivity contribution in [3.8, 4) is 0 Å². The molecule has 1 saturated carbocycles. The Balaban J connectivity index is 1.44.